The first-order valence-corrected chi connectivity index (χ1v) is 7.81. The summed E-state index contributed by atoms with van der Waals surface area (Å²) in [5.74, 6) is -1.63. The normalized spacial score (nSPS) is 10.4. The molecule has 0 fully saturated rings. The van der Waals surface area contributed by atoms with E-state index in [2.05, 4.69) is 14.8 Å². The highest BCUT2D eigenvalue weighted by Crippen LogP contribution is 2.20. The molecule has 0 unspecified atom stereocenters. The molecule has 1 heterocycles. The summed E-state index contributed by atoms with van der Waals surface area (Å²) in [6.45, 7) is 0. The molecule has 2 aromatic rings. The molecule has 6 nitrogen and oxygen atoms in total. The molecule has 1 aromatic carbocycles. The van der Waals surface area contributed by atoms with Crippen LogP contribution in [0.2, 0.25) is 0 Å². The van der Waals surface area contributed by atoms with Crippen molar-refractivity contribution in [2.24, 2.45) is 0 Å². The molecule has 0 radical (unpaired) electrons. The smallest absolute Gasteiger partial charge is 0.339 e. The fraction of sp³-hybridized carbons (Fsp3) is 0.118. The molecule has 124 valence electrons. The molecule has 0 spiro atoms. The van der Waals surface area contributed by atoms with Crippen molar-refractivity contribution in [2.45, 2.75) is 0 Å². The number of ether oxygens (including phenoxy) is 2. The van der Waals surface area contributed by atoms with Gasteiger partial charge in [0.1, 0.15) is 0 Å². The summed E-state index contributed by atoms with van der Waals surface area (Å²) >= 11 is 1.52. The summed E-state index contributed by atoms with van der Waals surface area (Å²) in [5.41, 5.74) is 1.42. The number of thiophene rings is 1. The van der Waals surface area contributed by atoms with E-state index in [0.29, 0.717) is 0 Å². The van der Waals surface area contributed by atoms with Crippen LogP contribution in [0.25, 0.3) is 6.08 Å². The number of nitrogens with one attached hydrogen (secondary N) is 1. The number of carbonyl (C=O) groups excluding carboxylic acids is 3. The molecule has 0 atom stereocenters. The maximum absolute atomic E-state index is 12.1. The summed E-state index contributed by atoms with van der Waals surface area (Å²) < 4.78 is 9.32. The SMILES string of the molecule is COC(=O)c1ccc(C(=O)OC)c(NC(=O)/C=C/c2ccsc2)c1. The summed E-state index contributed by atoms with van der Waals surface area (Å²) in [6.07, 6.45) is 2.99. The van der Waals surface area contributed by atoms with Crippen LogP contribution in [0.3, 0.4) is 0 Å². The Bertz CT molecular complexity index is 780. The second-order valence-electron chi connectivity index (χ2n) is 4.62. The minimum Gasteiger partial charge on any atom is -0.465 e. The highest BCUT2D eigenvalue weighted by Gasteiger charge is 2.16. The zero-order valence-electron chi connectivity index (χ0n) is 13.1. The Balaban J connectivity index is 2.26. The highest BCUT2D eigenvalue weighted by molar-refractivity contribution is 7.08. The molecule has 1 amide bonds. The lowest BCUT2D eigenvalue weighted by Gasteiger charge is -2.10. The molecular formula is C17H15NO5S. The summed E-state index contributed by atoms with van der Waals surface area (Å²) in [6, 6.07) is 6.06. The van der Waals surface area contributed by atoms with Gasteiger partial charge in [-0.05, 0) is 46.7 Å². The van der Waals surface area contributed by atoms with Crippen molar-refractivity contribution in [3.8, 4) is 0 Å². The van der Waals surface area contributed by atoms with Gasteiger partial charge in [-0.2, -0.15) is 11.3 Å². The van der Waals surface area contributed by atoms with Crippen LogP contribution in [0.4, 0.5) is 5.69 Å². The minimum atomic E-state index is -0.622. The third-order valence-corrected chi connectivity index (χ3v) is 3.78. The second-order valence-corrected chi connectivity index (χ2v) is 5.40. The van der Waals surface area contributed by atoms with Crippen molar-refractivity contribution in [1.29, 1.82) is 0 Å². The fourth-order valence-corrected chi connectivity index (χ4v) is 2.53. The minimum absolute atomic E-state index is 0.141. The maximum Gasteiger partial charge on any atom is 0.339 e. The monoisotopic (exact) mass is 345 g/mol. The maximum atomic E-state index is 12.1. The topological polar surface area (TPSA) is 81.7 Å². The van der Waals surface area contributed by atoms with Crippen molar-refractivity contribution in [3.63, 3.8) is 0 Å². The third-order valence-electron chi connectivity index (χ3n) is 3.07. The van der Waals surface area contributed by atoms with E-state index in [1.165, 1.54) is 49.8 Å². The third kappa shape index (κ3) is 4.30. The van der Waals surface area contributed by atoms with E-state index in [4.69, 9.17) is 0 Å². The van der Waals surface area contributed by atoms with Gasteiger partial charge in [-0.25, -0.2) is 9.59 Å². The van der Waals surface area contributed by atoms with Crippen LogP contribution in [-0.4, -0.2) is 32.1 Å². The molecule has 24 heavy (non-hydrogen) atoms. The van der Waals surface area contributed by atoms with E-state index < -0.39 is 17.8 Å². The van der Waals surface area contributed by atoms with E-state index in [1.807, 2.05) is 16.8 Å². The van der Waals surface area contributed by atoms with Crippen LogP contribution in [0.5, 0.6) is 0 Å². The van der Waals surface area contributed by atoms with Crippen LogP contribution in [-0.2, 0) is 14.3 Å². The van der Waals surface area contributed by atoms with Gasteiger partial charge in [-0.1, -0.05) is 0 Å². The van der Waals surface area contributed by atoms with Gasteiger partial charge in [-0.3, -0.25) is 4.79 Å². The largest absolute Gasteiger partial charge is 0.465 e. The van der Waals surface area contributed by atoms with Crippen molar-refractivity contribution in [2.75, 3.05) is 19.5 Å². The fourth-order valence-electron chi connectivity index (χ4n) is 1.90. The summed E-state index contributed by atoms with van der Waals surface area (Å²) in [4.78, 5) is 35.5. The molecule has 1 aromatic heterocycles. The standard InChI is InChI=1S/C17H15NO5S/c1-22-16(20)12-4-5-13(17(21)23-2)14(9-12)18-15(19)6-3-11-7-8-24-10-11/h3-10H,1-2H3,(H,18,19)/b6-3+. The van der Waals surface area contributed by atoms with Gasteiger partial charge >= 0.3 is 11.9 Å². The van der Waals surface area contributed by atoms with E-state index in [-0.39, 0.29) is 16.8 Å². The molecule has 0 saturated heterocycles. The van der Waals surface area contributed by atoms with E-state index in [1.54, 1.807) is 6.08 Å². The molecule has 0 aliphatic rings. The first-order chi connectivity index (χ1) is 11.5. The first-order valence-electron chi connectivity index (χ1n) is 6.87. The number of anilines is 1. The van der Waals surface area contributed by atoms with E-state index >= 15 is 0 Å². The lowest BCUT2D eigenvalue weighted by atomic mass is 10.1. The van der Waals surface area contributed by atoms with Gasteiger partial charge < -0.3 is 14.8 Å². The first kappa shape index (κ1) is 17.4. The van der Waals surface area contributed by atoms with Gasteiger partial charge in [0.05, 0.1) is 31.0 Å². The molecule has 1 N–H and O–H groups in total. The molecule has 7 heteroatoms. The van der Waals surface area contributed by atoms with Crippen molar-refractivity contribution in [1.82, 2.24) is 0 Å². The number of rotatable bonds is 5. The predicted molar refractivity (Wildman–Crippen MR) is 91.1 cm³/mol. The highest BCUT2D eigenvalue weighted by atomic mass is 32.1. The van der Waals surface area contributed by atoms with Crippen LogP contribution in [0.15, 0.2) is 41.1 Å². The Kier molecular flexibility index (Phi) is 5.86. The summed E-state index contributed by atoms with van der Waals surface area (Å²) in [7, 11) is 2.48. The number of benzene rings is 1. The van der Waals surface area contributed by atoms with Crippen LogP contribution < -0.4 is 5.32 Å². The Morgan fingerprint density at radius 3 is 2.46 bits per heavy atom. The molecule has 0 aliphatic carbocycles. The zero-order valence-corrected chi connectivity index (χ0v) is 13.9. The van der Waals surface area contributed by atoms with Crippen LogP contribution in [0.1, 0.15) is 26.3 Å². The van der Waals surface area contributed by atoms with E-state index in [9.17, 15) is 14.4 Å². The van der Waals surface area contributed by atoms with Gasteiger partial charge in [0.2, 0.25) is 5.91 Å². The Morgan fingerprint density at radius 2 is 1.83 bits per heavy atom. The number of hydrogen-bond donors (Lipinski definition) is 1. The number of esters is 2. The molecule has 0 aliphatic heterocycles. The Hall–Kier alpha value is -2.93. The molecule has 2 rings (SSSR count). The number of carbonyl (C=O) groups is 3. The molecular weight excluding hydrogens is 330 g/mol. The van der Waals surface area contributed by atoms with Crippen LogP contribution in [0, 0.1) is 0 Å². The quantitative estimate of drug-likeness (QED) is 0.665. The average Bonchev–Trinajstić information content (AvgIpc) is 3.12. The summed E-state index contributed by atoms with van der Waals surface area (Å²) in [5, 5.41) is 6.36. The van der Waals surface area contributed by atoms with Crippen molar-refractivity contribution >= 4 is 40.9 Å². The lowest BCUT2D eigenvalue weighted by Crippen LogP contribution is -2.14. The van der Waals surface area contributed by atoms with Gasteiger partial charge in [0, 0.05) is 6.08 Å². The predicted octanol–water partition coefficient (Wildman–Crippen LogP) is 2.97. The average molecular weight is 345 g/mol. The van der Waals surface area contributed by atoms with Crippen molar-refractivity contribution in [3.05, 3.63) is 57.8 Å². The van der Waals surface area contributed by atoms with Crippen LogP contribution >= 0.6 is 11.3 Å². The zero-order chi connectivity index (χ0) is 17.5. The van der Waals surface area contributed by atoms with Gasteiger partial charge in [0.15, 0.2) is 0 Å². The number of hydrogen-bond acceptors (Lipinski definition) is 6. The Labute approximate surface area is 142 Å². The van der Waals surface area contributed by atoms with Crippen molar-refractivity contribution < 1.29 is 23.9 Å². The second kappa shape index (κ2) is 8.07. The van der Waals surface area contributed by atoms with Gasteiger partial charge in [0.25, 0.3) is 0 Å². The number of amides is 1. The number of methoxy groups -OCH3 is 2. The van der Waals surface area contributed by atoms with Gasteiger partial charge in [-0.15, -0.1) is 0 Å². The molecule has 0 saturated carbocycles. The Morgan fingerprint density at radius 1 is 1.08 bits per heavy atom. The lowest BCUT2D eigenvalue weighted by molar-refractivity contribution is -0.111. The van der Waals surface area contributed by atoms with E-state index in [0.717, 1.165) is 5.56 Å². The molecule has 0 bridgehead atoms.